The highest BCUT2D eigenvalue weighted by Crippen LogP contribution is 2.27. The average molecular weight is 258 g/mol. The third kappa shape index (κ3) is 2.85. The minimum absolute atomic E-state index is 0.529. The van der Waals surface area contributed by atoms with E-state index in [1.807, 2.05) is 0 Å². The van der Waals surface area contributed by atoms with Crippen molar-refractivity contribution < 1.29 is 0 Å². The Kier molecular flexibility index (Phi) is 3.90. The Balaban J connectivity index is 1.71. The van der Waals surface area contributed by atoms with Crippen molar-refractivity contribution in [2.45, 2.75) is 45.2 Å². The first kappa shape index (κ1) is 13.1. The van der Waals surface area contributed by atoms with E-state index in [1.54, 1.807) is 5.56 Å². The van der Waals surface area contributed by atoms with Gasteiger partial charge in [0, 0.05) is 18.6 Å². The van der Waals surface area contributed by atoms with E-state index in [2.05, 4.69) is 48.3 Å². The third-order valence-electron chi connectivity index (χ3n) is 4.91. The van der Waals surface area contributed by atoms with Crippen LogP contribution < -0.4 is 5.32 Å². The van der Waals surface area contributed by atoms with E-state index < -0.39 is 0 Å². The van der Waals surface area contributed by atoms with Gasteiger partial charge in [-0.15, -0.1) is 0 Å². The number of rotatable bonds is 2. The van der Waals surface area contributed by atoms with E-state index in [1.165, 1.54) is 37.9 Å². The maximum Gasteiger partial charge on any atom is 0.0452 e. The smallest absolute Gasteiger partial charge is 0.0452 e. The summed E-state index contributed by atoms with van der Waals surface area (Å²) in [6.07, 6.45) is 3.90. The molecule has 0 saturated carbocycles. The number of nitrogens with zero attached hydrogens (tertiary/aromatic N) is 1. The van der Waals surface area contributed by atoms with E-state index in [9.17, 15) is 0 Å². The molecule has 3 atom stereocenters. The van der Waals surface area contributed by atoms with Crippen LogP contribution in [0.4, 0.5) is 0 Å². The molecule has 0 aromatic heterocycles. The Morgan fingerprint density at radius 3 is 2.95 bits per heavy atom. The van der Waals surface area contributed by atoms with Crippen LogP contribution in [-0.4, -0.2) is 30.6 Å². The van der Waals surface area contributed by atoms with Crippen LogP contribution in [0.25, 0.3) is 0 Å². The molecule has 104 valence electrons. The molecule has 2 nitrogen and oxygen atoms in total. The second-order valence-electron chi connectivity index (χ2n) is 6.43. The number of hydrogen-bond donors (Lipinski definition) is 1. The fraction of sp³-hybridized carbons (Fsp3) is 0.647. The second-order valence-corrected chi connectivity index (χ2v) is 6.43. The molecular formula is C17H26N2. The molecule has 3 unspecified atom stereocenters. The molecule has 19 heavy (non-hydrogen) atoms. The quantitative estimate of drug-likeness (QED) is 0.877. The predicted octanol–water partition coefficient (Wildman–Crippen LogP) is 2.99. The summed E-state index contributed by atoms with van der Waals surface area (Å²) in [5.74, 6) is 0.901. The average Bonchev–Trinajstić information content (AvgIpc) is 2.42. The lowest BCUT2D eigenvalue weighted by atomic mass is 9.90. The molecular weight excluding hydrogens is 232 g/mol. The molecule has 0 aliphatic carbocycles. The zero-order valence-electron chi connectivity index (χ0n) is 12.2. The van der Waals surface area contributed by atoms with E-state index in [4.69, 9.17) is 0 Å². The van der Waals surface area contributed by atoms with Crippen LogP contribution >= 0.6 is 0 Å². The summed E-state index contributed by atoms with van der Waals surface area (Å²) < 4.78 is 0. The minimum Gasteiger partial charge on any atom is -0.309 e. The van der Waals surface area contributed by atoms with Gasteiger partial charge in [-0.2, -0.15) is 0 Å². The number of fused-ring (bicyclic) bond motifs is 1. The van der Waals surface area contributed by atoms with Gasteiger partial charge >= 0.3 is 0 Å². The SMILES string of the molecule is CC1CCN(CC2NCCc3ccccc32)C(C)C1. The molecule has 3 rings (SSSR count). The molecule has 0 spiro atoms. The lowest BCUT2D eigenvalue weighted by Gasteiger charge is -2.40. The summed E-state index contributed by atoms with van der Waals surface area (Å²) in [7, 11) is 0. The predicted molar refractivity (Wildman–Crippen MR) is 80.3 cm³/mol. The third-order valence-corrected chi connectivity index (χ3v) is 4.91. The van der Waals surface area contributed by atoms with Crippen LogP contribution in [0.5, 0.6) is 0 Å². The highest BCUT2D eigenvalue weighted by atomic mass is 15.2. The topological polar surface area (TPSA) is 15.3 Å². The van der Waals surface area contributed by atoms with Crippen molar-refractivity contribution >= 4 is 0 Å². The van der Waals surface area contributed by atoms with Gasteiger partial charge < -0.3 is 5.32 Å². The Bertz CT molecular complexity index is 429. The van der Waals surface area contributed by atoms with Crippen LogP contribution in [0.2, 0.25) is 0 Å². The number of piperidine rings is 1. The van der Waals surface area contributed by atoms with Crippen LogP contribution in [0.1, 0.15) is 43.9 Å². The molecule has 0 radical (unpaired) electrons. The van der Waals surface area contributed by atoms with Crippen LogP contribution in [0.15, 0.2) is 24.3 Å². The van der Waals surface area contributed by atoms with E-state index >= 15 is 0 Å². The standard InChI is InChI=1S/C17H26N2/c1-13-8-10-19(14(2)11-13)12-17-16-6-4-3-5-15(16)7-9-18-17/h3-6,13-14,17-18H,7-12H2,1-2H3. The lowest BCUT2D eigenvalue weighted by molar-refractivity contribution is 0.115. The molecule has 1 N–H and O–H groups in total. The second kappa shape index (κ2) is 5.64. The number of hydrogen-bond acceptors (Lipinski definition) is 2. The van der Waals surface area contributed by atoms with Gasteiger partial charge in [-0.25, -0.2) is 0 Å². The van der Waals surface area contributed by atoms with Gasteiger partial charge in [-0.1, -0.05) is 31.2 Å². The van der Waals surface area contributed by atoms with Gasteiger partial charge in [0.2, 0.25) is 0 Å². The fourth-order valence-corrected chi connectivity index (χ4v) is 3.72. The first-order valence-corrected chi connectivity index (χ1v) is 7.79. The number of nitrogens with one attached hydrogen (secondary N) is 1. The van der Waals surface area contributed by atoms with Gasteiger partial charge in [-0.05, 0) is 56.3 Å². The van der Waals surface area contributed by atoms with Gasteiger partial charge in [0.25, 0.3) is 0 Å². The van der Waals surface area contributed by atoms with Crippen molar-refractivity contribution in [2.75, 3.05) is 19.6 Å². The molecule has 2 heterocycles. The summed E-state index contributed by atoms with van der Waals surface area (Å²) in [6, 6.07) is 10.2. The van der Waals surface area contributed by atoms with Crippen molar-refractivity contribution in [3.8, 4) is 0 Å². The maximum atomic E-state index is 3.71. The monoisotopic (exact) mass is 258 g/mol. The molecule has 2 aliphatic heterocycles. The van der Waals surface area contributed by atoms with E-state index in [0.717, 1.165) is 18.5 Å². The number of likely N-dealkylation sites (tertiary alicyclic amines) is 1. The van der Waals surface area contributed by atoms with Crippen molar-refractivity contribution in [1.82, 2.24) is 10.2 Å². The van der Waals surface area contributed by atoms with Crippen molar-refractivity contribution in [3.05, 3.63) is 35.4 Å². The van der Waals surface area contributed by atoms with Gasteiger partial charge in [0.05, 0.1) is 0 Å². The van der Waals surface area contributed by atoms with Crippen molar-refractivity contribution in [3.63, 3.8) is 0 Å². The normalized spacial score (nSPS) is 32.0. The summed E-state index contributed by atoms with van der Waals surface area (Å²) in [5.41, 5.74) is 3.07. The molecule has 0 amide bonds. The molecule has 1 saturated heterocycles. The largest absolute Gasteiger partial charge is 0.309 e. The Labute approximate surface area is 117 Å². The zero-order valence-corrected chi connectivity index (χ0v) is 12.2. The van der Waals surface area contributed by atoms with Crippen LogP contribution in [-0.2, 0) is 6.42 Å². The minimum atomic E-state index is 0.529. The molecule has 1 aromatic carbocycles. The summed E-state index contributed by atoms with van der Waals surface area (Å²) >= 11 is 0. The molecule has 1 fully saturated rings. The Morgan fingerprint density at radius 1 is 1.26 bits per heavy atom. The zero-order chi connectivity index (χ0) is 13.2. The first-order valence-electron chi connectivity index (χ1n) is 7.79. The number of benzene rings is 1. The first-order chi connectivity index (χ1) is 9.24. The highest BCUT2D eigenvalue weighted by Gasteiger charge is 2.27. The van der Waals surface area contributed by atoms with Crippen molar-refractivity contribution in [1.29, 1.82) is 0 Å². The fourth-order valence-electron chi connectivity index (χ4n) is 3.72. The van der Waals surface area contributed by atoms with Gasteiger partial charge in [0.15, 0.2) is 0 Å². The summed E-state index contributed by atoms with van der Waals surface area (Å²) in [5, 5.41) is 3.71. The highest BCUT2D eigenvalue weighted by molar-refractivity contribution is 5.32. The lowest BCUT2D eigenvalue weighted by Crippen LogP contribution is -2.46. The van der Waals surface area contributed by atoms with Gasteiger partial charge in [0.1, 0.15) is 0 Å². The van der Waals surface area contributed by atoms with Gasteiger partial charge in [-0.3, -0.25) is 4.90 Å². The van der Waals surface area contributed by atoms with E-state index in [-0.39, 0.29) is 0 Å². The van der Waals surface area contributed by atoms with Crippen LogP contribution in [0, 0.1) is 5.92 Å². The van der Waals surface area contributed by atoms with Crippen molar-refractivity contribution in [2.24, 2.45) is 5.92 Å². The molecule has 2 heteroatoms. The van der Waals surface area contributed by atoms with E-state index in [0.29, 0.717) is 6.04 Å². The molecule has 0 bridgehead atoms. The summed E-state index contributed by atoms with van der Waals surface area (Å²) in [4.78, 5) is 2.68. The Morgan fingerprint density at radius 2 is 2.11 bits per heavy atom. The van der Waals surface area contributed by atoms with Crippen LogP contribution in [0.3, 0.4) is 0 Å². The summed E-state index contributed by atoms with van der Waals surface area (Å²) in [6.45, 7) is 8.35. The maximum absolute atomic E-state index is 3.71. The Hall–Kier alpha value is -0.860. The molecule has 1 aromatic rings. The molecule has 2 aliphatic rings.